The van der Waals surface area contributed by atoms with E-state index in [2.05, 4.69) is 60.1 Å². The highest BCUT2D eigenvalue weighted by molar-refractivity contribution is 9.11. The van der Waals surface area contributed by atoms with Crippen LogP contribution in [0.15, 0.2) is 51.4 Å². The Kier molecular flexibility index (Phi) is 10.9. The van der Waals surface area contributed by atoms with Gasteiger partial charge in [0.05, 0.1) is 0 Å². The second-order valence-electron chi connectivity index (χ2n) is 13.0. The van der Waals surface area contributed by atoms with Crippen LogP contribution in [0.3, 0.4) is 0 Å². The lowest BCUT2D eigenvalue weighted by molar-refractivity contribution is -0.143. The number of carbonyl (C=O) groups excluding carboxylic acids is 3. The number of hydrogen-bond donors (Lipinski definition) is 1. The van der Waals surface area contributed by atoms with Crippen molar-refractivity contribution in [2.24, 2.45) is 0 Å². The number of fused-ring (bicyclic) bond motifs is 1. The third-order valence-electron chi connectivity index (χ3n) is 10.00. The quantitative estimate of drug-likeness (QED) is 0.444. The summed E-state index contributed by atoms with van der Waals surface area (Å²) in [6.07, 6.45) is 3.34. The van der Waals surface area contributed by atoms with E-state index in [1.165, 1.54) is 0 Å². The van der Waals surface area contributed by atoms with Gasteiger partial charge in [0.25, 0.3) is 5.91 Å². The maximum atomic E-state index is 14.0. The minimum absolute atomic E-state index is 0.0377. The fourth-order valence-electron chi connectivity index (χ4n) is 7.29. The van der Waals surface area contributed by atoms with Gasteiger partial charge in [-0.05, 0) is 87.6 Å². The second kappa shape index (κ2) is 15.0. The Morgan fingerprint density at radius 2 is 1.50 bits per heavy atom. The molecule has 0 unspecified atom stereocenters. The summed E-state index contributed by atoms with van der Waals surface area (Å²) in [5.41, 5.74) is 2.91. The van der Waals surface area contributed by atoms with Crippen LogP contribution in [-0.4, -0.2) is 127 Å². The molecule has 46 heavy (non-hydrogen) atoms. The summed E-state index contributed by atoms with van der Waals surface area (Å²) in [5, 5.41) is 3.06. The maximum absolute atomic E-state index is 14.0. The first-order valence-electron chi connectivity index (χ1n) is 16.5. The molecular weight excluding hydrogens is 716 g/mol. The summed E-state index contributed by atoms with van der Waals surface area (Å²) in [4.78, 5) is 51.0. The Morgan fingerprint density at radius 3 is 2.20 bits per heavy atom. The lowest BCUT2D eigenvalue weighted by Gasteiger charge is -2.42. The van der Waals surface area contributed by atoms with E-state index in [1.54, 1.807) is 4.90 Å². The lowest BCUT2D eigenvalue weighted by Crippen LogP contribution is -2.56. The first-order valence-corrected chi connectivity index (χ1v) is 18.1. The number of amides is 4. The van der Waals surface area contributed by atoms with Crippen LogP contribution >= 0.6 is 31.9 Å². The van der Waals surface area contributed by atoms with Crippen molar-refractivity contribution >= 4 is 55.6 Å². The molecule has 0 bridgehead atoms. The molecule has 6 rings (SSSR count). The van der Waals surface area contributed by atoms with Crippen molar-refractivity contribution in [1.82, 2.24) is 24.5 Å². The smallest absolute Gasteiger partial charge is 0.410 e. The van der Waals surface area contributed by atoms with Crippen LogP contribution in [0.5, 0.6) is 0 Å². The average molecular weight is 761 g/mol. The number of carbonyl (C=O) groups is 3. The van der Waals surface area contributed by atoms with Gasteiger partial charge in [-0.25, -0.2) is 9.59 Å². The van der Waals surface area contributed by atoms with Crippen LogP contribution in [0.25, 0.3) is 0 Å². The molecule has 248 valence electrons. The van der Waals surface area contributed by atoms with Crippen LogP contribution in [0.1, 0.15) is 36.8 Å². The first-order chi connectivity index (χ1) is 22.2. The number of rotatable bonds is 6. The van der Waals surface area contributed by atoms with E-state index in [0.717, 1.165) is 71.2 Å². The van der Waals surface area contributed by atoms with E-state index in [9.17, 15) is 14.4 Å². The van der Waals surface area contributed by atoms with E-state index in [0.29, 0.717) is 58.0 Å². The highest BCUT2D eigenvalue weighted by Crippen LogP contribution is 2.26. The van der Waals surface area contributed by atoms with E-state index in [-0.39, 0.29) is 18.0 Å². The van der Waals surface area contributed by atoms with Gasteiger partial charge in [0.15, 0.2) is 6.10 Å². The molecule has 1 atom stereocenters. The zero-order valence-electron chi connectivity index (χ0n) is 26.5. The molecular formula is C34H44Br2N6O4. The molecule has 1 N–H and O–H groups in total. The zero-order valence-corrected chi connectivity index (χ0v) is 29.7. The van der Waals surface area contributed by atoms with Crippen molar-refractivity contribution in [3.63, 3.8) is 0 Å². The molecule has 4 amide bonds. The predicted octanol–water partition coefficient (Wildman–Crippen LogP) is 5.05. The number of anilines is 1. The molecule has 3 saturated heterocycles. The molecule has 3 fully saturated rings. The monoisotopic (exact) mass is 758 g/mol. The molecule has 2 aromatic carbocycles. The molecule has 10 nitrogen and oxygen atoms in total. The number of ether oxygens (including phenoxy) is 1. The topological polar surface area (TPSA) is 88.7 Å². The third-order valence-corrected chi connectivity index (χ3v) is 10.9. The average Bonchev–Trinajstić information content (AvgIpc) is 3.22. The molecule has 4 aliphatic heterocycles. The number of nitrogens with zero attached hydrogens (tertiary/aromatic N) is 5. The number of benzene rings is 2. The van der Waals surface area contributed by atoms with Gasteiger partial charge in [-0.3, -0.25) is 9.69 Å². The van der Waals surface area contributed by atoms with Gasteiger partial charge < -0.3 is 29.7 Å². The molecule has 12 heteroatoms. The SMILES string of the molecule is CN1CCC(N2CCN(C(=O)[C@@H](Cc3cc(Br)cc(Br)c3)OC(=O)N3CCC(N4CCc5ccccc5NC4=O)CC3)CC2)CC1. The Labute approximate surface area is 288 Å². The van der Waals surface area contributed by atoms with Gasteiger partial charge >= 0.3 is 12.1 Å². The van der Waals surface area contributed by atoms with Gasteiger partial charge in [-0.2, -0.15) is 0 Å². The summed E-state index contributed by atoms with van der Waals surface area (Å²) in [7, 11) is 2.17. The van der Waals surface area contributed by atoms with E-state index in [4.69, 9.17) is 4.74 Å². The largest absolute Gasteiger partial charge is 0.436 e. The van der Waals surface area contributed by atoms with Crippen molar-refractivity contribution in [2.45, 2.75) is 56.7 Å². The maximum Gasteiger partial charge on any atom is 0.410 e. The van der Waals surface area contributed by atoms with Gasteiger partial charge in [-0.1, -0.05) is 50.1 Å². The van der Waals surface area contributed by atoms with Crippen LogP contribution in [0, 0.1) is 0 Å². The molecule has 2 aromatic rings. The Balaban J connectivity index is 1.07. The molecule has 0 aliphatic carbocycles. The van der Waals surface area contributed by atoms with Crippen LogP contribution in [0.4, 0.5) is 15.3 Å². The van der Waals surface area contributed by atoms with Crippen LogP contribution < -0.4 is 5.32 Å². The van der Waals surface area contributed by atoms with Crippen LogP contribution in [-0.2, 0) is 22.4 Å². The highest BCUT2D eigenvalue weighted by Gasteiger charge is 2.36. The van der Waals surface area contributed by atoms with Crippen molar-refractivity contribution in [3.05, 3.63) is 62.5 Å². The van der Waals surface area contributed by atoms with Gasteiger partial charge in [0.2, 0.25) is 0 Å². The standard InChI is InChI=1S/C34H44Br2N6O4/c1-38-11-7-28(8-12-38)39-16-18-40(19-17-39)32(43)31(22-24-20-26(35)23-27(36)21-24)46-34(45)41-13-9-29(10-14-41)42-15-6-25-4-2-3-5-30(25)37-33(42)44/h2-5,20-21,23,28-29,31H,6-19,22H2,1H3,(H,37,44)/t31-/m1/s1. The Morgan fingerprint density at radius 1 is 0.848 bits per heavy atom. The minimum Gasteiger partial charge on any atom is -0.436 e. The minimum atomic E-state index is -0.920. The first kappa shape index (κ1) is 33.2. The second-order valence-corrected chi connectivity index (χ2v) is 14.8. The Hall–Kier alpha value is -2.67. The lowest BCUT2D eigenvalue weighted by atomic mass is 10.0. The summed E-state index contributed by atoms with van der Waals surface area (Å²) >= 11 is 7.10. The summed E-state index contributed by atoms with van der Waals surface area (Å²) in [5.74, 6) is -0.136. The predicted molar refractivity (Wildman–Crippen MR) is 185 cm³/mol. The van der Waals surface area contributed by atoms with Crippen molar-refractivity contribution in [1.29, 1.82) is 0 Å². The van der Waals surface area contributed by atoms with Gasteiger partial charge in [-0.15, -0.1) is 0 Å². The number of piperidine rings is 2. The fourth-order valence-corrected chi connectivity index (χ4v) is 8.68. The highest BCUT2D eigenvalue weighted by atomic mass is 79.9. The summed E-state index contributed by atoms with van der Waals surface area (Å²) < 4.78 is 7.85. The van der Waals surface area contributed by atoms with E-state index in [1.807, 2.05) is 46.2 Å². The number of piperazine rings is 1. The fraction of sp³-hybridized carbons (Fsp3) is 0.559. The molecule has 0 radical (unpaired) electrons. The number of likely N-dealkylation sites (tertiary alicyclic amines) is 2. The van der Waals surface area contributed by atoms with Crippen molar-refractivity contribution < 1.29 is 19.1 Å². The number of nitrogens with one attached hydrogen (secondary N) is 1. The van der Waals surface area contributed by atoms with Gasteiger partial charge in [0.1, 0.15) is 0 Å². The molecule has 0 spiro atoms. The number of urea groups is 1. The number of halogens is 2. The zero-order chi connectivity index (χ0) is 32.2. The number of para-hydroxylation sites is 1. The molecule has 0 aromatic heterocycles. The summed E-state index contributed by atoms with van der Waals surface area (Å²) in [6.45, 7) is 6.75. The molecule has 4 aliphatic rings. The van der Waals surface area contributed by atoms with Crippen LogP contribution in [0.2, 0.25) is 0 Å². The van der Waals surface area contributed by atoms with Crippen molar-refractivity contribution in [3.8, 4) is 0 Å². The molecule has 0 saturated carbocycles. The number of hydrogen-bond acceptors (Lipinski definition) is 6. The Bertz CT molecular complexity index is 1380. The third kappa shape index (κ3) is 8.06. The van der Waals surface area contributed by atoms with E-state index < -0.39 is 12.2 Å². The summed E-state index contributed by atoms with van der Waals surface area (Å²) in [6, 6.07) is 14.3. The van der Waals surface area contributed by atoms with Gasteiger partial charge in [0, 0.05) is 79.0 Å². The van der Waals surface area contributed by atoms with E-state index >= 15 is 0 Å². The molecule has 4 heterocycles. The van der Waals surface area contributed by atoms with Crippen molar-refractivity contribution in [2.75, 3.05) is 71.3 Å². The normalized spacial score (nSPS) is 21.4.